The molecule has 0 unspecified atom stereocenters. The van der Waals surface area contributed by atoms with Crippen molar-refractivity contribution < 1.29 is 18.0 Å². The van der Waals surface area contributed by atoms with Crippen LogP contribution >= 0.6 is 11.6 Å². The van der Waals surface area contributed by atoms with Gasteiger partial charge in [-0.2, -0.15) is 0 Å². The number of hydrogen-bond acceptors (Lipinski definition) is 4. The Labute approximate surface area is 236 Å². The molecule has 0 aliphatic rings. The van der Waals surface area contributed by atoms with E-state index in [0.29, 0.717) is 10.7 Å². The van der Waals surface area contributed by atoms with Crippen LogP contribution < -0.4 is 9.62 Å². The van der Waals surface area contributed by atoms with E-state index < -0.39 is 28.5 Å². The number of carbonyl (C=O) groups excluding carboxylic acids is 2. The number of benzene rings is 3. The van der Waals surface area contributed by atoms with Crippen LogP contribution in [0.3, 0.4) is 0 Å². The Kier molecular flexibility index (Phi) is 10.2. The molecule has 0 radical (unpaired) electrons. The predicted octanol–water partition coefficient (Wildman–Crippen LogP) is 5.48. The first-order valence-electron chi connectivity index (χ1n) is 12.9. The van der Waals surface area contributed by atoms with Crippen molar-refractivity contribution in [3.63, 3.8) is 0 Å². The maximum absolute atomic E-state index is 13.9. The Bertz CT molecular complexity index is 1400. The average Bonchev–Trinajstić information content (AvgIpc) is 2.92. The molecule has 7 nitrogen and oxygen atoms in total. The smallest absolute Gasteiger partial charge is 0.264 e. The molecule has 2 amide bonds. The van der Waals surface area contributed by atoms with E-state index in [2.05, 4.69) is 5.32 Å². The van der Waals surface area contributed by atoms with Gasteiger partial charge in [0, 0.05) is 17.6 Å². The standard InChI is InChI=1S/C30H36ClN3O4S/c1-6-23(4)32-30(36)24(5)33(19-25-13-15-26(31)16-14-25)29(35)20-34(27-17-12-21(2)22(3)18-27)39(37,38)28-10-8-7-9-11-28/h7-18,23-24H,6,19-20H2,1-5H3,(H,32,36)/t23-,24+/m1/s1. The third kappa shape index (κ3) is 7.61. The molecule has 0 spiro atoms. The van der Waals surface area contributed by atoms with Gasteiger partial charge in [0.15, 0.2) is 0 Å². The molecule has 0 aliphatic carbocycles. The van der Waals surface area contributed by atoms with Gasteiger partial charge < -0.3 is 10.2 Å². The van der Waals surface area contributed by atoms with Gasteiger partial charge >= 0.3 is 0 Å². The van der Waals surface area contributed by atoms with Gasteiger partial charge in [-0.05, 0) is 87.2 Å². The first kappa shape index (κ1) is 30.2. The van der Waals surface area contributed by atoms with Gasteiger partial charge in [-0.25, -0.2) is 8.42 Å². The van der Waals surface area contributed by atoms with Crippen molar-refractivity contribution in [3.05, 3.63) is 94.5 Å². The number of aryl methyl sites for hydroxylation is 2. The number of carbonyl (C=O) groups is 2. The van der Waals surface area contributed by atoms with Gasteiger partial charge in [0.05, 0.1) is 10.6 Å². The minimum Gasteiger partial charge on any atom is -0.352 e. The molecule has 1 N–H and O–H groups in total. The summed E-state index contributed by atoms with van der Waals surface area (Å²) in [5, 5.41) is 3.48. The highest BCUT2D eigenvalue weighted by Crippen LogP contribution is 2.26. The SMILES string of the molecule is CC[C@@H](C)NC(=O)[C@H](C)N(Cc1ccc(Cl)cc1)C(=O)CN(c1ccc(C)c(C)c1)S(=O)(=O)c1ccccc1. The number of anilines is 1. The second-order valence-corrected chi connectivity index (χ2v) is 12.0. The molecule has 9 heteroatoms. The van der Waals surface area contributed by atoms with E-state index in [9.17, 15) is 18.0 Å². The molecule has 0 bridgehead atoms. The number of halogens is 1. The van der Waals surface area contributed by atoms with Gasteiger partial charge in [-0.1, -0.05) is 54.9 Å². The molecule has 3 rings (SSSR count). The molecular weight excluding hydrogens is 534 g/mol. The van der Waals surface area contributed by atoms with Crippen LogP contribution in [-0.2, 0) is 26.2 Å². The number of amides is 2. The van der Waals surface area contributed by atoms with Crippen LogP contribution in [0.25, 0.3) is 0 Å². The summed E-state index contributed by atoms with van der Waals surface area (Å²) in [6.45, 7) is 8.96. The maximum atomic E-state index is 13.9. The van der Waals surface area contributed by atoms with Crippen LogP contribution in [0, 0.1) is 13.8 Å². The highest BCUT2D eigenvalue weighted by molar-refractivity contribution is 7.92. The topological polar surface area (TPSA) is 86.8 Å². The summed E-state index contributed by atoms with van der Waals surface area (Å²) in [6.07, 6.45) is 0.736. The van der Waals surface area contributed by atoms with Crippen molar-refractivity contribution in [3.8, 4) is 0 Å². The van der Waals surface area contributed by atoms with E-state index >= 15 is 0 Å². The molecule has 208 valence electrons. The number of nitrogens with zero attached hydrogens (tertiary/aromatic N) is 2. The molecule has 0 saturated carbocycles. The Morgan fingerprint density at radius 3 is 2.15 bits per heavy atom. The van der Waals surface area contributed by atoms with E-state index in [1.54, 1.807) is 61.5 Å². The van der Waals surface area contributed by atoms with Gasteiger partial charge in [0.25, 0.3) is 10.0 Å². The van der Waals surface area contributed by atoms with Crippen LogP contribution in [0.5, 0.6) is 0 Å². The van der Waals surface area contributed by atoms with E-state index in [0.717, 1.165) is 27.4 Å². The molecule has 3 aromatic carbocycles. The molecule has 0 aromatic heterocycles. The molecule has 0 heterocycles. The summed E-state index contributed by atoms with van der Waals surface area (Å²) in [7, 11) is -4.09. The molecule has 0 aliphatic heterocycles. The minimum atomic E-state index is -4.09. The zero-order valence-electron chi connectivity index (χ0n) is 23.0. The fourth-order valence-electron chi connectivity index (χ4n) is 3.96. The monoisotopic (exact) mass is 569 g/mol. The number of sulfonamides is 1. The fourth-order valence-corrected chi connectivity index (χ4v) is 5.52. The fraction of sp³-hybridized carbons (Fsp3) is 0.333. The maximum Gasteiger partial charge on any atom is 0.264 e. The Morgan fingerprint density at radius 2 is 1.56 bits per heavy atom. The van der Waals surface area contributed by atoms with E-state index in [1.807, 2.05) is 33.8 Å². The van der Waals surface area contributed by atoms with Crippen LogP contribution in [-0.4, -0.2) is 43.8 Å². The summed E-state index contributed by atoms with van der Waals surface area (Å²) >= 11 is 6.05. The molecule has 39 heavy (non-hydrogen) atoms. The Morgan fingerprint density at radius 1 is 0.923 bits per heavy atom. The van der Waals surface area contributed by atoms with E-state index in [1.165, 1.54) is 17.0 Å². The van der Waals surface area contributed by atoms with Crippen molar-refractivity contribution >= 4 is 39.1 Å². The van der Waals surface area contributed by atoms with E-state index in [4.69, 9.17) is 11.6 Å². The summed E-state index contributed by atoms with van der Waals surface area (Å²) in [6, 6.07) is 19.4. The van der Waals surface area contributed by atoms with Crippen molar-refractivity contribution in [1.82, 2.24) is 10.2 Å². The lowest BCUT2D eigenvalue weighted by Crippen LogP contribution is -2.52. The second-order valence-electron chi connectivity index (χ2n) is 9.74. The third-order valence-corrected chi connectivity index (χ3v) is 8.86. The van der Waals surface area contributed by atoms with Crippen molar-refractivity contribution in [2.24, 2.45) is 0 Å². The molecule has 0 saturated heterocycles. The van der Waals surface area contributed by atoms with Crippen molar-refractivity contribution in [2.45, 2.75) is 64.6 Å². The summed E-state index contributed by atoms with van der Waals surface area (Å²) in [5.41, 5.74) is 3.03. The first-order chi connectivity index (χ1) is 18.4. The largest absolute Gasteiger partial charge is 0.352 e. The van der Waals surface area contributed by atoms with Gasteiger partial charge in [0.1, 0.15) is 12.6 Å². The van der Waals surface area contributed by atoms with Crippen LogP contribution in [0.4, 0.5) is 5.69 Å². The number of rotatable bonds is 11. The normalized spacial score (nSPS) is 12.9. The molecule has 2 atom stereocenters. The summed E-state index contributed by atoms with van der Waals surface area (Å²) < 4.78 is 28.8. The van der Waals surface area contributed by atoms with Gasteiger partial charge in [-0.15, -0.1) is 0 Å². The van der Waals surface area contributed by atoms with Crippen molar-refractivity contribution in [1.29, 1.82) is 0 Å². The number of hydrogen-bond donors (Lipinski definition) is 1. The zero-order valence-corrected chi connectivity index (χ0v) is 24.6. The summed E-state index contributed by atoms with van der Waals surface area (Å²) in [4.78, 5) is 28.5. The lowest BCUT2D eigenvalue weighted by molar-refractivity contribution is -0.139. The van der Waals surface area contributed by atoms with Gasteiger partial charge in [-0.3, -0.25) is 13.9 Å². The Balaban J connectivity index is 2.03. The minimum absolute atomic E-state index is 0.0714. The highest BCUT2D eigenvalue weighted by atomic mass is 35.5. The van der Waals surface area contributed by atoms with Crippen LogP contribution in [0.15, 0.2) is 77.7 Å². The Hall–Kier alpha value is -3.36. The molecule has 3 aromatic rings. The summed E-state index contributed by atoms with van der Waals surface area (Å²) in [5.74, 6) is -0.815. The lowest BCUT2D eigenvalue weighted by atomic mass is 10.1. The average molecular weight is 570 g/mol. The van der Waals surface area contributed by atoms with E-state index in [-0.39, 0.29) is 23.4 Å². The zero-order chi connectivity index (χ0) is 28.7. The number of nitrogens with one attached hydrogen (secondary N) is 1. The second kappa shape index (κ2) is 13.1. The predicted molar refractivity (Wildman–Crippen MR) is 156 cm³/mol. The molecular formula is C30H36ClN3O4S. The van der Waals surface area contributed by atoms with Crippen LogP contribution in [0.1, 0.15) is 43.9 Å². The van der Waals surface area contributed by atoms with Gasteiger partial charge in [0.2, 0.25) is 11.8 Å². The first-order valence-corrected chi connectivity index (χ1v) is 14.7. The third-order valence-electron chi connectivity index (χ3n) is 6.82. The van der Waals surface area contributed by atoms with Crippen LogP contribution in [0.2, 0.25) is 5.02 Å². The highest BCUT2D eigenvalue weighted by Gasteiger charge is 2.32. The lowest BCUT2D eigenvalue weighted by Gasteiger charge is -2.32. The quantitative estimate of drug-likeness (QED) is 0.331. The van der Waals surface area contributed by atoms with Crippen molar-refractivity contribution in [2.75, 3.05) is 10.8 Å². The molecule has 0 fully saturated rings.